The lowest BCUT2D eigenvalue weighted by atomic mass is 9.93. The van der Waals surface area contributed by atoms with Crippen molar-refractivity contribution in [2.75, 3.05) is 39.3 Å². The minimum absolute atomic E-state index is 0.00845. The number of carbonyl (C=O) groups excluding carboxylic acids is 1. The van der Waals surface area contributed by atoms with Crippen molar-refractivity contribution < 1.29 is 23.8 Å². The van der Waals surface area contributed by atoms with Gasteiger partial charge in [0.1, 0.15) is 18.5 Å². The number of halogens is 1. The lowest BCUT2D eigenvalue weighted by Gasteiger charge is -2.46. The van der Waals surface area contributed by atoms with E-state index in [0.29, 0.717) is 36.4 Å². The summed E-state index contributed by atoms with van der Waals surface area (Å²) in [7, 11) is 0. The lowest BCUT2D eigenvalue weighted by molar-refractivity contribution is -0.0939. The van der Waals surface area contributed by atoms with Crippen molar-refractivity contribution in [3.8, 4) is 6.07 Å². The third-order valence-electron chi connectivity index (χ3n) is 7.49. The number of hydrogen-bond acceptors (Lipinski definition) is 7. The molecule has 0 saturated carbocycles. The largest absolute Gasteiger partial charge is 0.457 e. The number of fused-ring (bicyclic) bond motifs is 2. The highest BCUT2D eigenvalue weighted by atomic mass is 19.1. The standard InChI is InChI=1S/C26H28FN3O4/c1-15-18(5-6-23(27)21(15)9-28)24(31)11-29-7-8-30-12-25(33-13-17(30)10-29)19-3-4-20-22(16(19)2)14-34-26(20)32/h3-6,17,24-25,31H,7-8,10-14H2,1-2H3/t17-,24?,25-/m0/s1. The Morgan fingerprint density at radius 3 is 2.82 bits per heavy atom. The van der Waals surface area contributed by atoms with Crippen LogP contribution in [0.2, 0.25) is 0 Å². The van der Waals surface area contributed by atoms with E-state index in [1.54, 1.807) is 13.0 Å². The minimum Gasteiger partial charge on any atom is -0.457 e. The van der Waals surface area contributed by atoms with Crippen molar-refractivity contribution >= 4 is 5.97 Å². The number of β-amino-alcohol motifs (C(OH)–C–C–N with tert-alkyl or cyclic N) is 1. The molecule has 0 spiro atoms. The number of ether oxygens (including phenoxy) is 2. The zero-order valence-electron chi connectivity index (χ0n) is 19.4. The van der Waals surface area contributed by atoms with Crippen LogP contribution in [-0.4, -0.2) is 66.2 Å². The molecule has 1 unspecified atom stereocenters. The van der Waals surface area contributed by atoms with Gasteiger partial charge in [-0.15, -0.1) is 0 Å². The second kappa shape index (κ2) is 9.08. The van der Waals surface area contributed by atoms with Gasteiger partial charge in [0.2, 0.25) is 0 Å². The molecular formula is C26H28FN3O4. The predicted molar refractivity (Wildman–Crippen MR) is 122 cm³/mol. The van der Waals surface area contributed by atoms with Crippen molar-refractivity contribution in [2.45, 2.75) is 38.7 Å². The average Bonchev–Trinajstić information content (AvgIpc) is 3.21. The number of nitriles is 1. The van der Waals surface area contributed by atoms with E-state index in [2.05, 4.69) is 9.80 Å². The Morgan fingerprint density at radius 1 is 1.21 bits per heavy atom. The number of hydrogen-bond donors (Lipinski definition) is 1. The Morgan fingerprint density at radius 2 is 2.03 bits per heavy atom. The summed E-state index contributed by atoms with van der Waals surface area (Å²) in [5.41, 5.74) is 4.87. The highest BCUT2D eigenvalue weighted by Crippen LogP contribution is 2.34. The highest BCUT2D eigenvalue weighted by molar-refractivity contribution is 5.93. The van der Waals surface area contributed by atoms with Crippen LogP contribution in [0.4, 0.5) is 4.39 Å². The first kappa shape index (κ1) is 22.9. The third-order valence-corrected chi connectivity index (χ3v) is 7.49. The van der Waals surface area contributed by atoms with Gasteiger partial charge in [-0.3, -0.25) is 9.80 Å². The zero-order chi connectivity index (χ0) is 24.0. The fourth-order valence-electron chi connectivity index (χ4n) is 5.45. The average molecular weight is 466 g/mol. The lowest BCUT2D eigenvalue weighted by Crippen LogP contribution is -2.58. The van der Waals surface area contributed by atoms with E-state index in [9.17, 15) is 19.6 Å². The van der Waals surface area contributed by atoms with Crippen LogP contribution in [0.15, 0.2) is 24.3 Å². The first-order chi connectivity index (χ1) is 16.4. The molecule has 3 aliphatic heterocycles. The third kappa shape index (κ3) is 3.99. The highest BCUT2D eigenvalue weighted by Gasteiger charge is 2.36. The van der Waals surface area contributed by atoms with Crippen LogP contribution >= 0.6 is 0 Å². The topological polar surface area (TPSA) is 86.0 Å². The number of nitrogens with zero attached hydrogens (tertiary/aromatic N) is 3. The fraction of sp³-hybridized carbons (Fsp3) is 0.462. The molecule has 0 bridgehead atoms. The van der Waals surface area contributed by atoms with Crippen molar-refractivity contribution in [1.29, 1.82) is 5.26 Å². The van der Waals surface area contributed by atoms with Gasteiger partial charge in [-0.2, -0.15) is 5.26 Å². The summed E-state index contributed by atoms with van der Waals surface area (Å²) >= 11 is 0. The minimum atomic E-state index is -0.796. The maximum Gasteiger partial charge on any atom is 0.338 e. The van der Waals surface area contributed by atoms with E-state index in [-0.39, 0.29) is 23.7 Å². The number of carbonyl (C=O) groups is 1. The number of benzene rings is 2. The van der Waals surface area contributed by atoms with Crippen molar-refractivity contribution in [2.24, 2.45) is 0 Å². The van der Waals surface area contributed by atoms with Gasteiger partial charge >= 0.3 is 5.97 Å². The molecule has 1 N–H and O–H groups in total. The van der Waals surface area contributed by atoms with E-state index in [0.717, 1.165) is 42.9 Å². The summed E-state index contributed by atoms with van der Waals surface area (Å²) < 4.78 is 25.3. The predicted octanol–water partition coefficient (Wildman–Crippen LogP) is 2.78. The van der Waals surface area contributed by atoms with Crippen LogP contribution in [0.25, 0.3) is 0 Å². The molecule has 178 valence electrons. The molecule has 0 radical (unpaired) electrons. The van der Waals surface area contributed by atoms with Crippen LogP contribution in [-0.2, 0) is 16.1 Å². The molecule has 5 rings (SSSR count). The molecule has 2 aromatic carbocycles. The van der Waals surface area contributed by atoms with Crippen LogP contribution in [0, 0.1) is 31.0 Å². The smallest absolute Gasteiger partial charge is 0.338 e. The van der Waals surface area contributed by atoms with Gasteiger partial charge in [0, 0.05) is 44.3 Å². The number of esters is 1. The van der Waals surface area contributed by atoms with Crippen LogP contribution < -0.4 is 0 Å². The van der Waals surface area contributed by atoms with Crippen molar-refractivity contribution in [1.82, 2.24) is 9.80 Å². The molecule has 8 heteroatoms. The van der Waals surface area contributed by atoms with Crippen molar-refractivity contribution in [3.63, 3.8) is 0 Å². The molecule has 3 atom stereocenters. The molecule has 7 nitrogen and oxygen atoms in total. The van der Waals surface area contributed by atoms with Gasteiger partial charge in [0.05, 0.1) is 29.9 Å². The summed E-state index contributed by atoms with van der Waals surface area (Å²) in [5, 5.41) is 20.0. The Bertz CT molecular complexity index is 1180. The molecule has 2 saturated heterocycles. The van der Waals surface area contributed by atoms with Crippen molar-refractivity contribution in [3.05, 3.63) is 69.0 Å². The molecule has 3 aliphatic rings. The maximum atomic E-state index is 13.8. The zero-order valence-corrected chi connectivity index (χ0v) is 19.4. The van der Waals surface area contributed by atoms with Gasteiger partial charge in [-0.05, 0) is 48.2 Å². The van der Waals surface area contributed by atoms with Crippen LogP contribution in [0.1, 0.15) is 55.9 Å². The second-order valence-corrected chi connectivity index (χ2v) is 9.38. The van der Waals surface area contributed by atoms with E-state index >= 15 is 0 Å². The number of morpholine rings is 1. The summed E-state index contributed by atoms with van der Waals surface area (Å²) in [6.45, 7) is 8.23. The van der Waals surface area contributed by atoms with Gasteiger partial charge < -0.3 is 14.6 Å². The van der Waals surface area contributed by atoms with Gasteiger partial charge in [0.25, 0.3) is 0 Å². The monoisotopic (exact) mass is 465 g/mol. The fourth-order valence-corrected chi connectivity index (χ4v) is 5.45. The Balaban J connectivity index is 1.23. The van der Waals surface area contributed by atoms with E-state index in [1.165, 1.54) is 6.07 Å². The van der Waals surface area contributed by atoms with E-state index in [4.69, 9.17) is 9.47 Å². The molecule has 0 aliphatic carbocycles. The summed E-state index contributed by atoms with van der Waals surface area (Å²) in [6.07, 6.45) is -0.851. The van der Waals surface area contributed by atoms with Gasteiger partial charge in [0.15, 0.2) is 0 Å². The summed E-state index contributed by atoms with van der Waals surface area (Å²) in [4.78, 5) is 16.5. The molecule has 3 heterocycles. The first-order valence-corrected chi connectivity index (χ1v) is 11.6. The van der Waals surface area contributed by atoms with Crippen LogP contribution in [0.3, 0.4) is 0 Å². The molecule has 34 heavy (non-hydrogen) atoms. The van der Waals surface area contributed by atoms with Gasteiger partial charge in [-0.1, -0.05) is 12.1 Å². The second-order valence-electron chi connectivity index (χ2n) is 9.38. The molecule has 2 fully saturated rings. The number of aliphatic hydroxyl groups excluding tert-OH is 1. The Kier molecular flexibility index (Phi) is 6.13. The summed E-state index contributed by atoms with van der Waals surface area (Å²) in [5.74, 6) is -0.816. The normalized spacial score (nSPS) is 23.7. The Hall–Kier alpha value is -2.83. The first-order valence-electron chi connectivity index (χ1n) is 11.6. The molecule has 0 aromatic heterocycles. The SMILES string of the molecule is Cc1c(C(O)CN2CCN3C[C@@H](c4ccc5c(c4C)COC5=O)OC[C@@H]3C2)ccc(F)c1C#N. The van der Waals surface area contributed by atoms with Crippen LogP contribution in [0.5, 0.6) is 0 Å². The number of aliphatic hydroxyl groups is 1. The maximum absolute atomic E-state index is 13.8. The molecule has 2 aromatic rings. The van der Waals surface area contributed by atoms with E-state index in [1.807, 2.05) is 25.1 Å². The van der Waals surface area contributed by atoms with E-state index < -0.39 is 11.9 Å². The summed E-state index contributed by atoms with van der Waals surface area (Å²) in [6, 6.07) is 8.76. The number of rotatable bonds is 4. The number of piperazine rings is 1. The quantitative estimate of drug-likeness (QED) is 0.695. The van der Waals surface area contributed by atoms with Gasteiger partial charge in [-0.25, -0.2) is 9.18 Å². The Labute approximate surface area is 198 Å². The number of cyclic esters (lactones) is 1. The molecular weight excluding hydrogens is 437 g/mol. The molecule has 0 amide bonds.